The Morgan fingerprint density at radius 2 is 1.96 bits per heavy atom. The summed E-state index contributed by atoms with van der Waals surface area (Å²) in [6.07, 6.45) is 4.17. The first kappa shape index (κ1) is 17.7. The lowest BCUT2D eigenvalue weighted by Crippen LogP contribution is -2.34. The minimum Gasteiger partial charge on any atom is -0.496 e. The third kappa shape index (κ3) is 3.22. The number of benzene rings is 1. The number of nitrogens with zero attached hydrogens (tertiary/aromatic N) is 2. The number of ether oxygens (including phenoxy) is 1. The third-order valence-electron chi connectivity index (χ3n) is 5.65. The van der Waals surface area contributed by atoms with Gasteiger partial charge in [0.1, 0.15) is 11.6 Å². The van der Waals surface area contributed by atoms with E-state index in [0.29, 0.717) is 5.92 Å². The maximum Gasteiger partial charge on any atom is 0.129 e. The van der Waals surface area contributed by atoms with Gasteiger partial charge in [-0.25, -0.2) is 0 Å². The van der Waals surface area contributed by atoms with Crippen LogP contribution in [-0.2, 0) is 0 Å². The van der Waals surface area contributed by atoms with Crippen molar-refractivity contribution in [1.29, 1.82) is 0 Å². The minimum atomic E-state index is 0.0262. The van der Waals surface area contributed by atoms with E-state index in [1.807, 2.05) is 25.3 Å². The van der Waals surface area contributed by atoms with Crippen molar-refractivity contribution in [2.45, 2.75) is 25.7 Å². The van der Waals surface area contributed by atoms with Gasteiger partial charge in [-0.2, -0.15) is 5.10 Å². The second-order valence-electron chi connectivity index (χ2n) is 7.28. The van der Waals surface area contributed by atoms with E-state index >= 15 is 0 Å². The van der Waals surface area contributed by atoms with Crippen LogP contribution in [0.2, 0.25) is 0 Å². The molecule has 140 valence electrons. The standard InChI is InChI=1S/C22H26N4O/c1-4-7-17-20(16-8-5-6-9-19(16)27-3)18-14-23-25-22(18)24-21(17)15-10-12-26(2)13-11-15/h5-6,8-9,14-15,20H,10-13H2,1-3H3,(H2,23,24,25). The van der Waals surface area contributed by atoms with Gasteiger partial charge < -0.3 is 15.0 Å². The van der Waals surface area contributed by atoms with Gasteiger partial charge in [0, 0.05) is 28.3 Å². The van der Waals surface area contributed by atoms with Crippen LogP contribution in [0.25, 0.3) is 0 Å². The molecular weight excluding hydrogens is 336 g/mol. The lowest BCUT2D eigenvalue weighted by Gasteiger charge is -2.35. The van der Waals surface area contributed by atoms with Gasteiger partial charge in [-0.1, -0.05) is 24.1 Å². The molecule has 2 aliphatic heterocycles. The summed E-state index contributed by atoms with van der Waals surface area (Å²) in [6.45, 7) is 4.12. The summed E-state index contributed by atoms with van der Waals surface area (Å²) >= 11 is 0. The van der Waals surface area contributed by atoms with Gasteiger partial charge in [0.05, 0.1) is 19.2 Å². The average molecular weight is 362 g/mol. The van der Waals surface area contributed by atoms with Gasteiger partial charge in [-0.15, -0.1) is 5.92 Å². The highest BCUT2D eigenvalue weighted by Crippen LogP contribution is 2.46. The molecule has 0 amide bonds. The van der Waals surface area contributed by atoms with Crippen LogP contribution in [0.15, 0.2) is 41.7 Å². The molecule has 0 aliphatic carbocycles. The van der Waals surface area contributed by atoms with Crippen molar-refractivity contribution < 1.29 is 4.74 Å². The Morgan fingerprint density at radius 1 is 1.19 bits per heavy atom. The van der Waals surface area contributed by atoms with E-state index in [9.17, 15) is 0 Å². The fourth-order valence-electron chi connectivity index (χ4n) is 4.25. The topological polar surface area (TPSA) is 53.2 Å². The molecule has 1 fully saturated rings. The Hall–Kier alpha value is -2.71. The lowest BCUT2D eigenvalue weighted by atomic mass is 9.78. The number of hydrogen-bond donors (Lipinski definition) is 2. The van der Waals surface area contributed by atoms with Gasteiger partial charge in [0.25, 0.3) is 0 Å². The Kier molecular flexibility index (Phi) is 4.91. The Bertz CT molecular complexity index is 910. The number of methoxy groups -OCH3 is 1. The summed E-state index contributed by atoms with van der Waals surface area (Å²) in [6, 6.07) is 8.22. The van der Waals surface area contributed by atoms with Gasteiger partial charge in [0.15, 0.2) is 0 Å². The Labute approximate surface area is 160 Å². The molecule has 1 atom stereocenters. The summed E-state index contributed by atoms with van der Waals surface area (Å²) in [5, 5.41) is 11.1. The van der Waals surface area contributed by atoms with E-state index in [1.54, 1.807) is 7.11 Å². The van der Waals surface area contributed by atoms with Crippen molar-refractivity contribution in [3.8, 4) is 17.6 Å². The predicted octanol–water partition coefficient (Wildman–Crippen LogP) is 3.59. The summed E-state index contributed by atoms with van der Waals surface area (Å²) in [5.74, 6) is 8.94. The van der Waals surface area contributed by atoms with Crippen molar-refractivity contribution >= 4 is 5.82 Å². The van der Waals surface area contributed by atoms with Crippen LogP contribution in [0.3, 0.4) is 0 Å². The maximum absolute atomic E-state index is 5.68. The second kappa shape index (κ2) is 7.50. The molecule has 1 aromatic carbocycles. The van der Waals surface area contributed by atoms with Crippen molar-refractivity contribution in [2.24, 2.45) is 5.92 Å². The number of fused-ring (bicyclic) bond motifs is 1. The largest absolute Gasteiger partial charge is 0.496 e. The maximum atomic E-state index is 5.68. The molecule has 0 saturated carbocycles. The molecule has 1 saturated heterocycles. The molecule has 0 bridgehead atoms. The van der Waals surface area contributed by atoms with Crippen LogP contribution >= 0.6 is 0 Å². The SMILES string of the molecule is CC#CC1=C(C2CCN(C)CC2)Nc2[nH]ncc2C1c1ccccc1OC. The number of hydrogen-bond acceptors (Lipinski definition) is 4. The summed E-state index contributed by atoms with van der Waals surface area (Å²) in [5.41, 5.74) is 4.64. The predicted molar refractivity (Wildman–Crippen MR) is 108 cm³/mol. The highest BCUT2D eigenvalue weighted by Gasteiger charge is 2.35. The fraction of sp³-hybridized carbons (Fsp3) is 0.409. The number of para-hydroxylation sites is 1. The molecule has 1 aromatic heterocycles. The van der Waals surface area contributed by atoms with Crippen molar-refractivity contribution in [2.75, 3.05) is 32.6 Å². The smallest absolute Gasteiger partial charge is 0.129 e. The number of H-pyrrole nitrogens is 1. The van der Waals surface area contributed by atoms with E-state index in [2.05, 4.69) is 51.4 Å². The first-order valence-corrected chi connectivity index (χ1v) is 9.51. The number of aromatic nitrogens is 2. The Morgan fingerprint density at radius 3 is 2.70 bits per heavy atom. The minimum absolute atomic E-state index is 0.0262. The number of anilines is 1. The number of nitrogens with one attached hydrogen (secondary N) is 2. The zero-order valence-corrected chi connectivity index (χ0v) is 16.2. The van der Waals surface area contributed by atoms with E-state index < -0.39 is 0 Å². The molecule has 5 heteroatoms. The molecule has 2 aliphatic rings. The van der Waals surface area contributed by atoms with Crippen LogP contribution < -0.4 is 10.1 Å². The molecule has 2 N–H and O–H groups in total. The van der Waals surface area contributed by atoms with Gasteiger partial charge in [-0.3, -0.25) is 5.10 Å². The zero-order chi connectivity index (χ0) is 18.8. The van der Waals surface area contributed by atoms with Gasteiger partial charge >= 0.3 is 0 Å². The van der Waals surface area contributed by atoms with Crippen LogP contribution in [0, 0.1) is 17.8 Å². The van der Waals surface area contributed by atoms with E-state index in [0.717, 1.165) is 54.2 Å². The monoisotopic (exact) mass is 362 g/mol. The van der Waals surface area contributed by atoms with Gasteiger partial charge in [0.2, 0.25) is 0 Å². The van der Waals surface area contributed by atoms with Crippen LogP contribution in [0.5, 0.6) is 5.75 Å². The zero-order valence-electron chi connectivity index (χ0n) is 16.2. The highest BCUT2D eigenvalue weighted by atomic mass is 16.5. The summed E-state index contributed by atoms with van der Waals surface area (Å²) in [7, 11) is 3.92. The third-order valence-corrected chi connectivity index (χ3v) is 5.65. The van der Waals surface area contributed by atoms with E-state index in [-0.39, 0.29) is 5.92 Å². The molecular formula is C22H26N4O. The lowest BCUT2D eigenvalue weighted by molar-refractivity contribution is 0.238. The molecule has 0 radical (unpaired) electrons. The van der Waals surface area contributed by atoms with Crippen LogP contribution in [0.4, 0.5) is 5.82 Å². The average Bonchev–Trinajstić information content (AvgIpc) is 3.16. The molecule has 27 heavy (non-hydrogen) atoms. The fourth-order valence-corrected chi connectivity index (χ4v) is 4.25. The van der Waals surface area contributed by atoms with Crippen molar-refractivity contribution in [3.63, 3.8) is 0 Å². The number of aromatic amines is 1. The van der Waals surface area contributed by atoms with Crippen molar-refractivity contribution in [1.82, 2.24) is 15.1 Å². The number of allylic oxidation sites excluding steroid dienone is 2. The molecule has 3 heterocycles. The van der Waals surface area contributed by atoms with E-state index in [4.69, 9.17) is 4.74 Å². The van der Waals surface area contributed by atoms with Crippen LogP contribution in [-0.4, -0.2) is 42.3 Å². The number of likely N-dealkylation sites (tertiary alicyclic amines) is 1. The molecule has 0 spiro atoms. The van der Waals surface area contributed by atoms with E-state index in [1.165, 1.54) is 5.70 Å². The number of rotatable bonds is 3. The summed E-state index contributed by atoms with van der Waals surface area (Å²) < 4.78 is 5.68. The number of piperidine rings is 1. The molecule has 2 aromatic rings. The normalized spacial score (nSPS) is 20.5. The highest BCUT2D eigenvalue weighted by molar-refractivity contribution is 5.67. The molecule has 1 unspecified atom stereocenters. The first-order chi connectivity index (χ1) is 13.2. The van der Waals surface area contributed by atoms with Gasteiger partial charge in [-0.05, 0) is 46.0 Å². The first-order valence-electron chi connectivity index (χ1n) is 9.51. The Balaban J connectivity index is 1.87. The van der Waals surface area contributed by atoms with Crippen molar-refractivity contribution in [3.05, 3.63) is 52.9 Å². The molecule has 4 rings (SSSR count). The van der Waals surface area contributed by atoms with Crippen LogP contribution in [0.1, 0.15) is 36.8 Å². The summed E-state index contributed by atoms with van der Waals surface area (Å²) in [4.78, 5) is 2.39. The quantitative estimate of drug-likeness (QED) is 0.820. The second-order valence-corrected chi connectivity index (χ2v) is 7.28. The molecule has 5 nitrogen and oxygen atoms in total.